The molecule has 0 radical (unpaired) electrons. The Hall–Kier alpha value is -1.38. The van der Waals surface area contributed by atoms with Gasteiger partial charge in [-0.15, -0.1) is 0 Å². The van der Waals surface area contributed by atoms with Crippen LogP contribution >= 0.6 is 0 Å². The number of rotatable bonds is 1. The number of pyridine rings is 1. The molecule has 0 bridgehead atoms. The highest BCUT2D eigenvalue weighted by atomic mass is 15.3. The van der Waals surface area contributed by atoms with Crippen LogP contribution in [0.3, 0.4) is 0 Å². The van der Waals surface area contributed by atoms with Gasteiger partial charge in [-0.1, -0.05) is 6.07 Å². The van der Waals surface area contributed by atoms with Gasteiger partial charge in [-0.3, -0.25) is 0 Å². The van der Waals surface area contributed by atoms with Crippen molar-refractivity contribution in [2.75, 3.05) is 0 Å². The summed E-state index contributed by atoms with van der Waals surface area (Å²) < 4.78 is 1.84. The zero-order chi connectivity index (χ0) is 7.97. The molecule has 0 aromatic carbocycles. The standard InChI is InChI=1S/C9H9N3/c1-2-6-12-8(3-1)10-9(11-12)7-4-5-7/h1-3,6-7H,4-5H2. The predicted molar refractivity (Wildman–Crippen MR) is 45.0 cm³/mol. The zero-order valence-electron chi connectivity index (χ0n) is 6.64. The number of hydrogen-bond donors (Lipinski definition) is 0. The number of nitrogens with zero attached hydrogens (tertiary/aromatic N) is 3. The first-order valence-electron chi connectivity index (χ1n) is 4.25. The fraction of sp³-hybridized carbons (Fsp3) is 0.333. The molecule has 1 aliphatic rings. The molecule has 0 aliphatic heterocycles. The largest absolute Gasteiger partial charge is 0.221 e. The molecular weight excluding hydrogens is 150 g/mol. The van der Waals surface area contributed by atoms with Crippen molar-refractivity contribution < 1.29 is 0 Å². The van der Waals surface area contributed by atoms with Gasteiger partial charge in [0, 0.05) is 12.1 Å². The monoisotopic (exact) mass is 159 g/mol. The van der Waals surface area contributed by atoms with E-state index in [-0.39, 0.29) is 0 Å². The molecule has 1 fully saturated rings. The molecule has 0 atom stereocenters. The van der Waals surface area contributed by atoms with Gasteiger partial charge in [0.1, 0.15) is 0 Å². The molecule has 2 aromatic heterocycles. The normalized spacial score (nSPS) is 17.0. The summed E-state index contributed by atoms with van der Waals surface area (Å²) in [5, 5.41) is 4.38. The van der Waals surface area contributed by atoms with Gasteiger partial charge in [0.05, 0.1) is 0 Å². The lowest BCUT2D eigenvalue weighted by atomic mass is 10.4. The Morgan fingerprint density at radius 2 is 2.25 bits per heavy atom. The highest BCUT2D eigenvalue weighted by molar-refractivity contribution is 5.37. The molecule has 3 rings (SSSR count). The second kappa shape index (κ2) is 2.06. The highest BCUT2D eigenvalue weighted by Gasteiger charge is 2.27. The molecule has 3 heteroatoms. The van der Waals surface area contributed by atoms with Gasteiger partial charge in [0.25, 0.3) is 0 Å². The minimum atomic E-state index is 0.643. The first kappa shape index (κ1) is 6.17. The Balaban J connectivity index is 2.23. The highest BCUT2D eigenvalue weighted by Crippen LogP contribution is 2.37. The van der Waals surface area contributed by atoms with Crippen LogP contribution in [0.5, 0.6) is 0 Å². The Morgan fingerprint density at radius 1 is 1.33 bits per heavy atom. The van der Waals surface area contributed by atoms with Crippen LogP contribution in [0.2, 0.25) is 0 Å². The average molecular weight is 159 g/mol. The van der Waals surface area contributed by atoms with Gasteiger partial charge in [0.2, 0.25) is 0 Å². The van der Waals surface area contributed by atoms with Crippen molar-refractivity contribution in [2.45, 2.75) is 18.8 Å². The third kappa shape index (κ3) is 0.826. The van der Waals surface area contributed by atoms with E-state index in [1.54, 1.807) is 0 Å². The van der Waals surface area contributed by atoms with E-state index < -0.39 is 0 Å². The Bertz CT molecular complexity index is 381. The summed E-state index contributed by atoms with van der Waals surface area (Å²) in [5.41, 5.74) is 0.958. The third-order valence-electron chi connectivity index (χ3n) is 2.20. The minimum Gasteiger partial charge on any atom is -0.221 e. The van der Waals surface area contributed by atoms with E-state index in [1.807, 2.05) is 28.9 Å². The van der Waals surface area contributed by atoms with Gasteiger partial charge < -0.3 is 0 Å². The maximum Gasteiger partial charge on any atom is 0.155 e. The quantitative estimate of drug-likeness (QED) is 0.632. The van der Waals surface area contributed by atoms with Crippen LogP contribution < -0.4 is 0 Å². The fourth-order valence-corrected chi connectivity index (χ4v) is 1.36. The van der Waals surface area contributed by atoms with Crippen LogP contribution in [0.4, 0.5) is 0 Å². The van der Waals surface area contributed by atoms with Crippen LogP contribution in [-0.4, -0.2) is 14.6 Å². The molecule has 12 heavy (non-hydrogen) atoms. The van der Waals surface area contributed by atoms with Crippen molar-refractivity contribution >= 4 is 5.65 Å². The van der Waals surface area contributed by atoms with Gasteiger partial charge >= 0.3 is 0 Å². The molecule has 60 valence electrons. The fourth-order valence-electron chi connectivity index (χ4n) is 1.36. The Kier molecular flexibility index (Phi) is 1.06. The van der Waals surface area contributed by atoms with Crippen LogP contribution in [0.15, 0.2) is 24.4 Å². The van der Waals surface area contributed by atoms with Crippen molar-refractivity contribution in [1.82, 2.24) is 14.6 Å². The zero-order valence-corrected chi connectivity index (χ0v) is 6.64. The van der Waals surface area contributed by atoms with Crippen LogP contribution in [0.25, 0.3) is 5.65 Å². The van der Waals surface area contributed by atoms with Gasteiger partial charge in [-0.2, -0.15) is 5.10 Å². The molecule has 0 unspecified atom stereocenters. The summed E-state index contributed by atoms with van der Waals surface area (Å²) in [5.74, 6) is 1.66. The van der Waals surface area contributed by atoms with Crippen LogP contribution in [0, 0.1) is 0 Å². The first-order valence-corrected chi connectivity index (χ1v) is 4.25. The summed E-state index contributed by atoms with van der Waals surface area (Å²) in [6, 6.07) is 5.94. The maximum absolute atomic E-state index is 4.43. The van der Waals surface area contributed by atoms with Crippen molar-refractivity contribution in [3.63, 3.8) is 0 Å². The van der Waals surface area contributed by atoms with Gasteiger partial charge in [-0.05, 0) is 25.0 Å². The SMILES string of the molecule is c1ccn2nc(C3CC3)nc2c1. The molecule has 2 heterocycles. The van der Waals surface area contributed by atoms with E-state index in [1.165, 1.54) is 12.8 Å². The summed E-state index contributed by atoms with van der Waals surface area (Å²) in [6.07, 6.45) is 4.46. The second-order valence-electron chi connectivity index (χ2n) is 3.25. The van der Waals surface area contributed by atoms with E-state index >= 15 is 0 Å². The van der Waals surface area contributed by atoms with E-state index in [0.717, 1.165) is 11.5 Å². The molecule has 2 aromatic rings. The van der Waals surface area contributed by atoms with E-state index in [0.29, 0.717) is 5.92 Å². The minimum absolute atomic E-state index is 0.643. The summed E-state index contributed by atoms with van der Waals surface area (Å²) in [6.45, 7) is 0. The second-order valence-corrected chi connectivity index (χ2v) is 3.25. The predicted octanol–water partition coefficient (Wildman–Crippen LogP) is 1.61. The number of hydrogen-bond acceptors (Lipinski definition) is 2. The third-order valence-corrected chi connectivity index (χ3v) is 2.20. The topological polar surface area (TPSA) is 30.2 Å². The van der Waals surface area contributed by atoms with E-state index in [9.17, 15) is 0 Å². The lowest BCUT2D eigenvalue weighted by Crippen LogP contribution is -1.85. The smallest absolute Gasteiger partial charge is 0.155 e. The molecule has 0 saturated heterocycles. The number of fused-ring (bicyclic) bond motifs is 1. The lowest BCUT2D eigenvalue weighted by molar-refractivity contribution is 0.878. The maximum atomic E-state index is 4.43. The van der Waals surface area contributed by atoms with Crippen LogP contribution in [-0.2, 0) is 0 Å². The van der Waals surface area contributed by atoms with Crippen LogP contribution in [0.1, 0.15) is 24.6 Å². The number of aromatic nitrogens is 3. The lowest BCUT2D eigenvalue weighted by Gasteiger charge is -1.85. The first-order chi connectivity index (χ1) is 5.93. The molecule has 0 spiro atoms. The van der Waals surface area contributed by atoms with Gasteiger partial charge in [-0.25, -0.2) is 9.50 Å². The van der Waals surface area contributed by atoms with Gasteiger partial charge in [0.15, 0.2) is 11.5 Å². The molecule has 0 N–H and O–H groups in total. The Morgan fingerprint density at radius 3 is 3.00 bits per heavy atom. The molecule has 0 amide bonds. The summed E-state index contributed by atoms with van der Waals surface area (Å²) in [4.78, 5) is 4.43. The Labute approximate surface area is 70.0 Å². The van der Waals surface area contributed by atoms with Crippen molar-refractivity contribution in [3.05, 3.63) is 30.2 Å². The van der Waals surface area contributed by atoms with Crippen molar-refractivity contribution in [2.24, 2.45) is 0 Å². The summed E-state index contributed by atoms with van der Waals surface area (Å²) in [7, 11) is 0. The average Bonchev–Trinajstić information content (AvgIpc) is 2.85. The van der Waals surface area contributed by atoms with Crippen molar-refractivity contribution in [3.8, 4) is 0 Å². The molecule has 3 nitrogen and oxygen atoms in total. The van der Waals surface area contributed by atoms with Crippen molar-refractivity contribution in [1.29, 1.82) is 0 Å². The molecule has 1 aliphatic carbocycles. The molecule has 1 saturated carbocycles. The van der Waals surface area contributed by atoms with E-state index in [2.05, 4.69) is 10.1 Å². The van der Waals surface area contributed by atoms with E-state index in [4.69, 9.17) is 0 Å². The summed E-state index contributed by atoms with van der Waals surface area (Å²) >= 11 is 0. The molecular formula is C9H9N3.